The van der Waals surface area contributed by atoms with Crippen LogP contribution in [0.15, 0.2) is 0 Å². The Morgan fingerprint density at radius 3 is 2.41 bits per heavy atom. The van der Waals surface area contributed by atoms with E-state index in [1.807, 2.05) is 0 Å². The zero-order chi connectivity index (χ0) is 16.2. The minimum absolute atomic E-state index is 0.00103. The molecule has 1 saturated heterocycles. The van der Waals surface area contributed by atoms with Crippen LogP contribution in [-0.4, -0.2) is 48.8 Å². The van der Waals surface area contributed by atoms with Gasteiger partial charge in [-0.3, -0.25) is 0 Å². The number of piperidine rings is 1. The number of aliphatic hydroxyl groups is 1. The third-order valence-electron chi connectivity index (χ3n) is 5.70. The summed E-state index contributed by atoms with van der Waals surface area (Å²) in [5.41, 5.74) is 0.00103. The van der Waals surface area contributed by atoms with Gasteiger partial charge in [0.1, 0.15) is 0 Å². The van der Waals surface area contributed by atoms with Crippen molar-refractivity contribution in [1.82, 2.24) is 10.2 Å². The van der Waals surface area contributed by atoms with Crippen LogP contribution in [0.4, 0.5) is 0 Å². The Morgan fingerprint density at radius 2 is 1.77 bits per heavy atom. The normalized spacial score (nSPS) is 30.4. The first kappa shape index (κ1) is 18.2. The molecular weight excluding hydrogens is 272 g/mol. The molecule has 0 aromatic rings. The van der Waals surface area contributed by atoms with E-state index in [1.165, 1.54) is 45.1 Å². The van der Waals surface area contributed by atoms with E-state index in [9.17, 15) is 5.11 Å². The van der Waals surface area contributed by atoms with Crippen molar-refractivity contribution in [3.63, 3.8) is 0 Å². The number of likely N-dealkylation sites (tertiary alicyclic amines) is 1. The van der Waals surface area contributed by atoms with Crippen LogP contribution in [0.25, 0.3) is 0 Å². The summed E-state index contributed by atoms with van der Waals surface area (Å²) in [5.74, 6) is 1.52. The Labute approximate surface area is 137 Å². The fourth-order valence-electron chi connectivity index (χ4n) is 4.16. The average Bonchev–Trinajstić information content (AvgIpc) is 2.44. The molecule has 3 unspecified atom stereocenters. The Morgan fingerprint density at radius 1 is 1.09 bits per heavy atom. The Balaban J connectivity index is 1.77. The zero-order valence-electron chi connectivity index (χ0n) is 15.3. The number of likely N-dealkylation sites (N-methyl/N-ethyl adjacent to an activating group) is 1. The first-order valence-electron chi connectivity index (χ1n) is 9.44. The molecule has 1 aliphatic carbocycles. The summed E-state index contributed by atoms with van der Waals surface area (Å²) in [6.45, 7) is 9.92. The van der Waals surface area contributed by atoms with Gasteiger partial charge in [-0.1, -0.05) is 40.0 Å². The summed E-state index contributed by atoms with van der Waals surface area (Å²) in [7, 11) is 2.23. The second-order valence-electron chi connectivity index (χ2n) is 9.05. The maximum Gasteiger partial charge on any atom is 0.0591 e. The number of nitrogens with zero attached hydrogens (tertiary/aromatic N) is 1. The lowest BCUT2D eigenvalue weighted by Crippen LogP contribution is -2.49. The Hall–Kier alpha value is -0.120. The molecule has 0 aromatic heterocycles. The lowest BCUT2D eigenvalue weighted by atomic mass is 9.80. The van der Waals surface area contributed by atoms with Gasteiger partial charge in [0.05, 0.1) is 6.10 Å². The van der Waals surface area contributed by atoms with Gasteiger partial charge in [-0.2, -0.15) is 0 Å². The van der Waals surface area contributed by atoms with Crippen molar-refractivity contribution < 1.29 is 5.11 Å². The molecule has 0 aromatic carbocycles. The van der Waals surface area contributed by atoms with E-state index in [1.54, 1.807) is 0 Å². The molecule has 2 N–H and O–H groups in total. The molecule has 3 heteroatoms. The minimum Gasteiger partial charge on any atom is -0.393 e. The van der Waals surface area contributed by atoms with E-state index >= 15 is 0 Å². The van der Waals surface area contributed by atoms with Crippen LogP contribution in [0.5, 0.6) is 0 Å². The molecule has 130 valence electrons. The number of hydrogen-bond acceptors (Lipinski definition) is 3. The third-order valence-corrected chi connectivity index (χ3v) is 5.70. The van der Waals surface area contributed by atoms with Crippen molar-refractivity contribution in [1.29, 1.82) is 0 Å². The van der Waals surface area contributed by atoms with Gasteiger partial charge in [-0.15, -0.1) is 0 Å². The summed E-state index contributed by atoms with van der Waals surface area (Å²) in [5, 5.41) is 14.2. The highest BCUT2D eigenvalue weighted by molar-refractivity contribution is 4.86. The maximum absolute atomic E-state index is 10.4. The number of hydrogen-bond donors (Lipinski definition) is 2. The lowest BCUT2D eigenvalue weighted by molar-refractivity contribution is 0.0250. The molecule has 2 aliphatic rings. The predicted octanol–water partition coefficient (Wildman–Crippen LogP) is 3.27. The van der Waals surface area contributed by atoms with E-state index in [0.717, 1.165) is 25.4 Å². The van der Waals surface area contributed by atoms with Gasteiger partial charge in [-0.25, -0.2) is 0 Å². The van der Waals surface area contributed by atoms with Crippen LogP contribution in [0.2, 0.25) is 0 Å². The van der Waals surface area contributed by atoms with Gasteiger partial charge >= 0.3 is 0 Å². The van der Waals surface area contributed by atoms with Crippen LogP contribution in [0.3, 0.4) is 0 Å². The highest BCUT2D eigenvalue weighted by atomic mass is 16.3. The molecule has 0 radical (unpaired) electrons. The summed E-state index contributed by atoms with van der Waals surface area (Å²) in [6, 6.07) is 0.609. The van der Waals surface area contributed by atoms with E-state index in [2.05, 4.69) is 38.0 Å². The number of aliphatic hydroxyl groups excluding tert-OH is 1. The topological polar surface area (TPSA) is 35.5 Å². The minimum atomic E-state index is -0.192. The van der Waals surface area contributed by atoms with Crippen LogP contribution < -0.4 is 5.32 Å². The summed E-state index contributed by atoms with van der Waals surface area (Å²) < 4.78 is 0. The molecule has 2 rings (SSSR count). The molecule has 1 aliphatic heterocycles. The highest BCUT2D eigenvalue weighted by Crippen LogP contribution is 2.29. The highest BCUT2D eigenvalue weighted by Gasteiger charge is 2.31. The first-order chi connectivity index (χ1) is 10.3. The quantitative estimate of drug-likeness (QED) is 0.818. The Kier molecular flexibility index (Phi) is 6.73. The molecular formula is C19H38N2O. The predicted molar refractivity (Wildman–Crippen MR) is 94.0 cm³/mol. The van der Waals surface area contributed by atoms with Crippen molar-refractivity contribution in [2.45, 2.75) is 77.9 Å². The second-order valence-corrected chi connectivity index (χ2v) is 9.05. The van der Waals surface area contributed by atoms with Gasteiger partial charge in [-0.05, 0) is 56.5 Å². The van der Waals surface area contributed by atoms with E-state index < -0.39 is 0 Å². The van der Waals surface area contributed by atoms with Crippen molar-refractivity contribution >= 4 is 0 Å². The van der Waals surface area contributed by atoms with Gasteiger partial charge < -0.3 is 15.3 Å². The second kappa shape index (κ2) is 8.12. The fraction of sp³-hybridized carbons (Fsp3) is 1.00. The fourth-order valence-corrected chi connectivity index (χ4v) is 4.16. The van der Waals surface area contributed by atoms with Crippen LogP contribution in [0.1, 0.15) is 65.7 Å². The van der Waals surface area contributed by atoms with Crippen molar-refractivity contribution in [3.8, 4) is 0 Å². The van der Waals surface area contributed by atoms with Crippen LogP contribution in [0, 0.1) is 17.3 Å². The standard InChI is InChI=1S/C19H38N2O/c1-19(2,3)18(22)11-16-10-17(14-21(4)13-16)20-12-15-8-6-5-7-9-15/h15-18,20,22H,5-14H2,1-4H3. The molecule has 3 nitrogen and oxygen atoms in total. The van der Waals surface area contributed by atoms with Gasteiger partial charge in [0.25, 0.3) is 0 Å². The molecule has 3 atom stereocenters. The molecule has 1 heterocycles. The monoisotopic (exact) mass is 310 g/mol. The summed E-state index contributed by atoms with van der Waals surface area (Å²) >= 11 is 0. The number of rotatable bonds is 5. The SMILES string of the molecule is CN1CC(CC(O)C(C)(C)C)CC(NCC2CCCCC2)C1. The van der Waals surface area contributed by atoms with E-state index in [-0.39, 0.29) is 11.5 Å². The zero-order valence-corrected chi connectivity index (χ0v) is 15.3. The summed E-state index contributed by atoms with van der Waals surface area (Å²) in [4.78, 5) is 2.45. The number of nitrogens with one attached hydrogen (secondary N) is 1. The maximum atomic E-state index is 10.4. The van der Waals surface area contributed by atoms with E-state index in [0.29, 0.717) is 12.0 Å². The van der Waals surface area contributed by atoms with Crippen molar-refractivity contribution in [3.05, 3.63) is 0 Å². The van der Waals surface area contributed by atoms with Crippen LogP contribution >= 0.6 is 0 Å². The Bertz CT molecular complexity index is 320. The molecule has 0 spiro atoms. The molecule has 22 heavy (non-hydrogen) atoms. The molecule has 0 amide bonds. The third kappa shape index (κ3) is 5.82. The summed E-state index contributed by atoms with van der Waals surface area (Å²) in [6.07, 6.45) is 9.11. The largest absolute Gasteiger partial charge is 0.393 e. The molecule has 2 fully saturated rings. The molecule has 1 saturated carbocycles. The lowest BCUT2D eigenvalue weighted by Gasteiger charge is -2.39. The van der Waals surface area contributed by atoms with Gasteiger partial charge in [0.2, 0.25) is 0 Å². The van der Waals surface area contributed by atoms with Gasteiger partial charge in [0, 0.05) is 19.1 Å². The molecule has 0 bridgehead atoms. The smallest absolute Gasteiger partial charge is 0.0591 e. The van der Waals surface area contributed by atoms with Gasteiger partial charge in [0.15, 0.2) is 0 Å². The first-order valence-corrected chi connectivity index (χ1v) is 9.44. The average molecular weight is 311 g/mol. The van der Waals surface area contributed by atoms with Crippen LogP contribution in [-0.2, 0) is 0 Å². The van der Waals surface area contributed by atoms with Crippen molar-refractivity contribution in [2.75, 3.05) is 26.7 Å². The van der Waals surface area contributed by atoms with Crippen molar-refractivity contribution in [2.24, 2.45) is 17.3 Å². The van der Waals surface area contributed by atoms with E-state index in [4.69, 9.17) is 0 Å².